The van der Waals surface area contributed by atoms with Gasteiger partial charge in [0.1, 0.15) is 29.6 Å². The maximum Gasteiger partial charge on any atom is 0.243 e. The number of sulfonamides is 1. The summed E-state index contributed by atoms with van der Waals surface area (Å²) < 4.78 is 45.4. The van der Waals surface area contributed by atoms with Crippen LogP contribution in [-0.4, -0.2) is 45.1 Å². The monoisotopic (exact) mass is 423 g/mol. The number of morpholine rings is 1. The summed E-state index contributed by atoms with van der Waals surface area (Å²) in [6.45, 7) is 1.19. The number of rotatable bonds is 5. The molecule has 1 aliphatic heterocycles. The van der Waals surface area contributed by atoms with Crippen molar-refractivity contribution in [3.05, 3.63) is 72.8 Å². The summed E-state index contributed by atoms with van der Waals surface area (Å²) in [5, 5.41) is 1.70. The fraction of sp³-hybridized carbons (Fsp3) is 0.217. The SMILES string of the molecule is O=S(=O)(c1ccc2oc3ccccc3c2c1)N1CCO[C@H](COc2ccccc2)C1. The largest absolute Gasteiger partial charge is 0.491 e. The van der Waals surface area contributed by atoms with Gasteiger partial charge in [0.2, 0.25) is 10.0 Å². The molecule has 7 heteroatoms. The molecular formula is C23H21NO5S. The number of ether oxygens (including phenoxy) is 2. The van der Waals surface area contributed by atoms with E-state index >= 15 is 0 Å². The quantitative estimate of drug-likeness (QED) is 0.484. The maximum absolute atomic E-state index is 13.3. The second kappa shape index (κ2) is 7.75. The Balaban J connectivity index is 1.38. The van der Waals surface area contributed by atoms with Gasteiger partial charge in [0.15, 0.2) is 0 Å². The lowest BCUT2D eigenvalue weighted by molar-refractivity contribution is -0.0249. The zero-order chi connectivity index (χ0) is 20.6. The van der Waals surface area contributed by atoms with Crippen molar-refractivity contribution in [2.75, 3.05) is 26.3 Å². The van der Waals surface area contributed by atoms with E-state index < -0.39 is 10.0 Å². The van der Waals surface area contributed by atoms with Crippen LogP contribution < -0.4 is 4.74 Å². The molecule has 0 spiro atoms. The number of hydrogen-bond acceptors (Lipinski definition) is 5. The van der Waals surface area contributed by atoms with E-state index in [1.807, 2.05) is 54.6 Å². The van der Waals surface area contributed by atoms with Crippen molar-refractivity contribution in [2.45, 2.75) is 11.0 Å². The number of benzene rings is 3. The van der Waals surface area contributed by atoms with Crippen molar-refractivity contribution in [1.82, 2.24) is 4.31 Å². The van der Waals surface area contributed by atoms with Crippen LogP contribution in [-0.2, 0) is 14.8 Å². The first-order valence-corrected chi connectivity index (χ1v) is 11.3. The first-order chi connectivity index (χ1) is 14.6. The zero-order valence-electron chi connectivity index (χ0n) is 16.2. The lowest BCUT2D eigenvalue weighted by Gasteiger charge is -2.32. The lowest BCUT2D eigenvalue weighted by Crippen LogP contribution is -2.47. The van der Waals surface area contributed by atoms with E-state index in [4.69, 9.17) is 13.9 Å². The molecule has 4 aromatic rings. The number of fused-ring (bicyclic) bond motifs is 3. The van der Waals surface area contributed by atoms with Gasteiger partial charge in [-0.05, 0) is 36.4 Å². The molecule has 1 fully saturated rings. The van der Waals surface area contributed by atoms with Gasteiger partial charge in [-0.25, -0.2) is 8.42 Å². The first-order valence-electron chi connectivity index (χ1n) is 9.82. The number of para-hydroxylation sites is 2. The van der Waals surface area contributed by atoms with Gasteiger partial charge in [0, 0.05) is 23.9 Å². The van der Waals surface area contributed by atoms with Gasteiger partial charge in [0.25, 0.3) is 0 Å². The Morgan fingerprint density at radius 2 is 1.70 bits per heavy atom. The van der Waals surface area contributed by atoms with Crippen LogP contribution in [0, 0.1) is 0 Å². The molecule has 2 heterocycles. The van der Waals surface area contributed by atoms with Gasteiger partial charge in [-0.1, -0.05) is 36.4 Å². The third-order valence-electron chi connectivity index (χ3n) is 5.27. The highest BCUT2D eigenvalue weighted by Gasteiger charge is 2.31. The van der Waals surface area contributed by atoms with Gasteiger partial charge in [-0.15, -0.1) is 0 Å². The zero-order valence-corrected chi connectivity index (χ0v) is 17.0. The van der Waals surface area contributed by atoms with Gasteiger partial charge < -0.3 is 13.9 Å². The topological polar surface area (TPSA) is 69.0 Å². The summed E-state index contributed by atoms with van der Waals surface area (Å²) in [7, 11) is -3.66. The molecule has 0 radical (unpaired) electrons. The van der Waals surface area contributed by atoms with Crippen molar-refractivity contribution in [1.29, 1.82) is 0 Å². The molecule has 1 saturated heterocycles. The minimum Gasteiger partial charge on any atom is -0.491 e. The Labute approximate surface area is 174 Å². The summed E-state index contributed by atoms with van der Waals surface area (Å²) in [6, 6.07) is 22.1. The van der Waals surface area contributed by atoms with E-state index in [9.17, 15) is 8.42 Å². The lowest BCUT2D eigenvalue weighted by atomic mass is 10.1. The highest BCUT2D eigenvalue weighted by Crippen LogP contribution is 2.31. The van der Waals surface area contributed by atoms with Crippen LogP contribution in [0.1, 0.15) is 0 Å². The summed E-state index contributed by atoms with van der Waals surface area (Å²) in [4.78, 5) is 0.256. The predicted octanol–water partition coefficient (Wildman–Crippen LogP) is 4.05. The fourth-order valence-electron chi connectivity index (χ4n) is 3.73. The normalized spacial score (nSPS) is 18.1. The van der Waals surface area contributed by atoms with Gasteiger partial charge in [-0.2, -0.15) is 4.31 Å². The average Bonchev–Trinajstić information content (AvgIpc) is 3.16. The van der Waals surface area contributed by atoms with Crippen LogP contribution in [0.4, 0.5) is 0 Å². The van der Waals surface area contributed by atoms with Crippen LogP contribution >= 0.6 is 0 Å². The molecule has 0 aliphatic carbocycles. The molecule has 0 unspecified atom stereocenters. The van der Waals surface area contributed by atoms with E-state index in [1.165, 1.54) is 4.31 Å². The van der Waals surface area contributed by atoms with Gasteiger partial charge in [0.05, 0.1) is 11.5 Å². The molecule has 0 bridgehead atoms. The molecule has 6 nitrogen and oxygen atoms in total. The van der Waals surface area contributed by atoms with Gasteiger partial charge in [-0.3, -0.25) is 0 Å². The molecule has 1 atom stereocenters. The third kappa shape index (κ3) is 3.56. The molecule has 3 aromatic carbocycles. The Morgan fingerprint density at radius 1 is 0.933 bits per heavy atom. The van der Waals surface area contributed by atoms with E-state index in [2.05, 4.69) is 0 Å². The Bertz CT molecular complexity index is 1280. The number of furan rings is 1. The second-order valence-electron chi connectivity index (χ2n) is 7.24. The van der Waals surface area contributed by atoms with E-state index in [1.54, 1.807) is 18.2 Å². The van der Waals surface area contributed by atoms with Crippen LogP contribution in [0.5, 0.6) is 5.75 Å². The molecule has 1 aliphatic rings. The Hall–Kier alpha value is -2.87. The maximum atomic E-state index is 13.3. The summed E-state index contributed by atoms with van der Waals surface area (Å²) in [5.41, 5.74) is 1.41. The van der Waals surface area contributed by atoms with Crippen molar-refractivity contribution in [2.24, 2.45) is 0 Å². The molecular weight excluding hydrogens is 402 g/mol. The molecule has 30 heavy (non-hydrogen) atoms. The number of hydrogen-bond donors (Lipinski definition) is 0. The van der Waals surface area contributed by atoms with Crippen molar-refractivity contribution in [3.8, 4) is 5.75 Å². The Kier molecular flexibility index (Phi) is 4.94. The predicted molar refractivity (Wildman–Crippen MR) is 114 cm³/mol. The highest BCUT2D eigenvalue weighted by molar-refractivity contribution is 7.89. The summed E-state index contributed by atoms with van der Waals surface area (Å²) >= 11 is 0. The van der Waals surface area contributed by atoms with E-state index in [0.717, 1.165) is 22.1 Å². The van der Waals surface area contributed by atoms with Crippen molar-refractivity contribution >= 4 is 32.0 Å². The number of nitrogens with zero attached hydrogens (tertiary/aromatic N) is 1. The van der Waals surface area contributed by atoms with E-state index in [-0.39, 0.29) is 17.5 Å². The van der Waals surface area contributed by atoms with Crippen LogP contribution in [0.3, 0.4) is 0 Å². The molecule has 154 valence electrons. The third-order valence-corrected chi connectivity index (χ3v) is 7.13. The van der Waals surface area contributed by atoms with Crippen LogP contribution in [0.25, 0.3) is 21.9 Å². The second-order valence-corrected chi connectivity index (χ2v) is 9.17. The van der Waals surface area contributed by atoms with E-state index in [0.29, 0.717) is 25.3 Å². The minimum atomic E-state index is -3.66. The average molecular weight is 423 g/mol. The first kappa shape index (κ1) is 19.1. The molecule has 0 saturated carbocycles. The Morgan fingerprint density at radius 3 is 2.57 bits per heavy atom. The smallest absolute Gasteiger partial charge is 0.243 e. The van der Waals surface area contributed by atoms with Crippen molar-refractivity contribution < 1.29 is 22.3 Å². The van der Waals surface area contributed by atoms with Crippen molar-refractivity contribution in [3.63, 3.8) is 0 Å². The standard InChI is InChI=1S/C23H21NO5S/c25-30(26,19-10-11-23-21(14-19)20-8-4-5-9-22(20)29-23)24-12-13-27-18(15-24)16-28-17-6-2-1-3-7-17/h1-11,14,18H,12-13,15-16H2/t18-/m0/s1. The highest BCUT2D eigenvalue weighted by atomic mass is 32.2. The molecule has 0 amide bonds. The van der Waals surface area contributed by atoms with Crippen LogP contribution in [0.15, 0.2) is 82.1 Å². The molecule has 5 rings (SSSR count). The summed E-state index contributed by atoms with van der Waals surface area (Å²) in [6.07, 6.45) is -0.327. The summed E-state index contributed by atoms with van der Waals surface area (Å²) in [5.74, 6) is 0.735. The molecule has 1 aromatic heterocycles. The molecule has 0 N–H and O–H groups in total. The minimum absolute atomic E-state index is 0.249. The van der Waals surface area contributed by atoms with Crippen LogP contribution in [0.2, 0.25) is 0 Å². The van der Waals surface area contributed by atoms with Gasteiger partial charge >= 0.3 is 0 Å². The fourth-order valence-corrected chi connectivity index (χ4v) is 5.21.